The van der Waals surface area contributed by atoms with Gasteiger partial charge in [-0.25, -0.2) is 9.59 Å². The zero-order valence-electron chi connectivity index (χ0n) is 19.6. The van der Waals surface area contributed by atoms with Gasteiger partial charge in [-0.2, -0.15) is 0 Å². The monoisotopic (exact) mass is 481 g/mol. The summed E-state index contributed by atoms with van der Waals surface area (Å²) in [6, 6.07) is 15.0. The number of carbonyl (C=O) groups is 3. The van der Waals surface area contributed by atoms with Gasteiger partial charge in [-0.15, -0.1) is 11.3 Å². The van der Waals surface area contributed by atoms with Crippen molar-refractivity contribution in [2.24, 2.45) is 0 Å². The van der Waals surface area contributed by atoms with Crippen LogP contribution >= 0.6 is 11.3 Å². The molecule has 2 aromatic carbocycles. The molecule has 8 heteroatoms. The number of rotatable bonds is 9. The van der Waals surface area contributed by atoms with Gasteiger partial charge >= 0.3 is 11.9 Å². The zero-order chi connectivity index (χ0) is 24.7. The molecule has 1 aromatic heterocycles. The first-order chi connectivity index (χ1) is 16.3. The minimum atomic E-state index is -0.621. The minimum Gasteiger partial charge on any atom is -0.483 e. The van der Waals surface area contributed by atoms with E-state index in [0.29, 0.717) is 11.3 Å². The molecule has 7 nitrogen and oxygen atoms in total. The van der Waals surface area contributed by atoms with Crippen molar-refractivity contribution in [2.45, 2.75) is 34.3 Å². The fourth-order valence-electron chi connectivity index (χ4n) is 3.20. The van der Waals surface area contributed by atoms with Crippen molar-refractivity contribution in [3.05, 3.63) is 81.2 Å². The number of hydrogen-bond acceptors (Lipinski definition) is 7. The fourth-order valence-corrected chi connectivity index (χ4v) is 4.31. The van der Waals surface area contributed by atoms with Crippen LogP contribution in [0.15, 0.2) is 48.5 Å². The largest absolute Gasteiger partial charge is 0.483 e. The predicted molar refractivity (Wildman–Crippen MR) is 131 cm³/mol. The molecule has 0 bridgehead atoms. The Morgan fingerprint density at radius 2 is 1.68 bits per heavy atom. The van der Waals surface area contributed by atoms with Gasteiger partial charge in [0.25, 0.3) is 5.91 Å². The third-order valence-corrected chi connectivity index (χ3v) is 6.17. The standard InChI is InChI=1S/C26H27NO6S/c1-5-31-25(29)22-18(4)23(26(30)33-14-19-9-7-6-8-10-19)34-24(22)27-21(28)15-32-20-13-16(2)11-12-17(20)3/h6-13H,5,14-15H2,1-4H3,(H,27,28). The van der Waals surface area contributed by atoms with Gasteiger partial charge in [0.05, 0.1) is 12.2 Å². The molecule has 0 spiro atoms. The molecule has 0 saturated heterocycles. The van der Waals surface area contributed by atoms with Crippen LogP contribution in [0, 0.1) is 20.8 Å². The average molecular weight is 482 g/mol. The van der Waals surface area contributed by atoms with Crippen LogP contribution in [0.4, 0.5) is 5.00 Å². The van der Waals surface area contributed by atoms with E-state index in [-0.39, 0.29) is 35.3 Å². The van der Waals surface area contributed by atoms with Gasteiger partial charge in [-0.1, -0.05) is 42.5 Å². The van der Waals surface area contributed by atoms with Crippen LogP contribution < -0.4 is 10.1 Å². The number of ether oxygens (including phenoxy) is 3. The molecule has 0 unspecified atom stereocenters. The van der Waals surface area contributed by atoms with E-state index in [2.05, 4.69) is 5.32 Å². The van der Waals surface area contributed by atoms with Crippen LogP contribution in [0.2, 0.25) is 0 Å². The van der Waals surface area contributed by atoms with Crippen LogP contribution in [-0.4, -0.2) is 31.1 Å². The van der Waals surface area contributed by atoms with Gasteiger partial charge in [0.1, 0.15) is 22.2 Å². The van der Waals surface area contributed by atoms with Gasteiger partial charge in [0.2, 0.25) is 0 Å². The SMILES string of the molecule is CCOC(=O)c1c(NC(=O)COc2cc(C)ccc2C)sc(C(=O)OCc2ccccc2)c1C. The Balaban J connectivity index is 1.76. The lowest BCUT2D eigenvalue weighted by Gasteiger charge is -2.10. The summed E-state index contributed by atoms with van der Waals surface area (Å²) in [6.07, 6.45) is 0. The van der Waals surface area contributed by atoms with Crippen molar-refractivity contribution in [3.63, 3.8) is 0 Å². The normalized spacial score (nSPS) is 10.5. The molecule has 0 radical (unpaired) electrons. The number of nitrogens with one attached hydrogen (secondary N) is 1. The van der Waals surface area contributed by atoms with Crippen molar-refractivity contribution < 1.29 is 28.6 Å². The molecule has 1 N–H and O–H groups in total. The van der Waals surface area contributed by atoms with Crippen molar-refractivity contribution in [1.29, 1.82) is 0 Å². The molecule has 0 atom stereocenters. The number of carbonyl (C=O) groups excluding carboxylic acids is 3. The van der Waals surface area contributed by atoms with Gasteiger partial charge in [-0.05, 0) is 56.0 Å². The third-order valence-electron chi connectivity index (χ3n) is 4.98. The molecule has 0 aliphatic rings. The summed E-state index contributed by atoms with van der Waals surface area (Å²) in [5.74, 6) is -1.06. The van der Waals surface area contributed by atoms with Gasteiger partial charge in [0.15, 0.2) is 6.61 Å². The summed E-state index contributed by atoms with van der Waals surface area (Å²) in [4.78, 5) is 38.2. The van der Waals surface area contributed by atoms with Crippen molar-refractivity contribution in [2.75, 3.05) is 18.5 Å². The number of hydrogen-bond donors (Lipinski definition) is 1. The molecule has 0 saturated carbocycles. The molecular formula is C26H27NO6S. The molecule has 1 heterocycles. The number of benzene rings is 2. The average Bonchev–Trinajstić information content (AvgIpc) is 3.14. The number of esters is 2. The molecule has 0 aliphatic heterocycles. The second-order valence-electron chi connectivity index (χ2n) is 7.65. The smallest absolute Gasteiger partial charge is 0.349 e. The van der Waals surface area contributed by atoms with Crippen molar-refractivity contribution >= 4 is 34.2 Å². The Bertz CT molecular complexity index is 1190. The van der Waals surface area contributed by atoms with E-state index in [1.54, 1.807) is 13.8 Å². The lowest BCUT2D eigenvalue weighted by Crippen LogP contribution is -2.21. The van der Waals surface area contributed by atoms with Crippen molar-refractivity contribution in [3.8, 4) is 5.75 Å². The molecular weight excluding hydrogens is 454 g/mol. The van der Waals surface area contributed by atoms with Crippen LogP contribution in [0.25, 0.3) is 0 Å². The highest BCUT2D eigenvalue weighted by atomic mass is 32.1. The maximum atomic E-state index is 12.7. The maximum absolute atomic E-state index is 12.7. The molecule has 3 rings (SSSR count). The molecule has 34 heavy (non-hydrogen) atoms. The van der Waals surface area contributed by atoms with Gasteiger partial charge in [-0.3, -0.25) is 4.79 Å². The van der Waals surface area contributed by atoms with E-state index in [1.807, 2.05) is 62.4 Å². The summed E-state index contributed by atoms with van der Waals surface area (Å²) in [5, 5.41) is 2.91. The first kappa shape index (κ1) is 25.0. The highest BCUT2D eigenvalue weighted by Crippen LogP contribution is 2.34. The van der Waals surface area contributed by atoms with Crippen LogP contribution in [-0.2, 0) is 20.9 Å². The van der Waals surface area contributed by atoms with Crippen molar-refractivity contribution in [1.82, 2.24) is 0 Å². The summed E-state index contributed by atoms with van der Waals surface area (Å²) >= 11 is 0.976. The van der Waals surface area contributed by atoms with Gasteiger partial charge in [0, 0.05) is 0 Å². The molecule has 1 amide bonds. The Morgan fingerprint density at radius 3 is 2.38 bits per heavy atom. The summed E-state index contributed by atoms with van der Waals surface area (Å²) in [7, 11) is 0. The minimum absolute atomic E-state index is 0.0944. The summed E-state index contributed by atoms with van der Waals surface area (Å²) in [5.41, 5.74) is 3.29. The van der Waals surface area contributed by atoms with Crippen LogP contribution in [0.1, 0.15) is 49.2 Å². The van der Waals surface area contributed by atoms with E-state index >= 15 is 0 Å². The Labute approximate surface area is 202 Å². The van der Waals surface area contributed by atoms with E-state index in [4.69, 9.17) is 14.2 Å². The molecule has 178 valence electrons. The summed E-state index contributed by atoms with van der Waals surface area (Å²) in [6.45, 7) is 7.14. The second-order valence-corrected chi connectivity index (χ2v) is 8.67. The number of aryl methyl sites for hydroxylation is 2. The highest BCUT2D eigenvalue weighted by Gasteiger charge is 2.27. The first-order valence-corrected chi connectivity index (χ1v) is 11.6. The lowest BCUT2D eigenvalue weighted by atomic mass is 10.1. The predicted octanol–water partition coefficient (Wildman–Crippen LogP) is 5.22. The highest BCUT2D eigenvalue weighted by molar-refractivity contribution is 7.18. The Morgan fingerprint density at radius 1 is 0.941 bits per heavy atom. The van der Waals surface area contributed by atoms with Crippen LogP contribution in [0.3, 0.4) is 0 Å². The fraction of sp³-hybridized carbons (Fsp3) is 0.269. The number of thiophene rings is 1. The Kier molecular flexibility index (Phi) is 8.43. The van der Waals surface area contributed by atoms with E-state index in [1.165, 1.54) is 0 Å². The maximum Gasteiger partial charge on any atom is 0.349 e. The molecule has 0 fully saturated rings. The van der Waals surface area contributed by atoms with Gasteiger partial charge < -0.3 is 19.5 Å². The number of anilines is 1. The van der Waals surface area contributed by atoms with E-state index < -0.39 is 17.8 Å². The second kappa shape index (κ2) is 11.5. The van der Waals surface area contributed by atoms with Crippen LogP contribution in [0.5, 0.6) is 5.75 Å². The molecule has 3 aromatic rings. The first-order valence-electron chi connectivity index (χ1n) is 10.8. The quantitative estimate of drug-likeness (QED) is 0.421. The Hall–Kier alpha value is -3.65. The van der Waals surface area contributed by atoms with E-state index in [9.17, 15) is 14.4 Å². The summed E-state index contributed by atoms with van der Waals surface area (Å²) < 4.78 is 16.2. The zero-order valence-corrected chi connectivity index (χ0v) is 20.4. The van der Waals surface area contributed by atoms with E-state index in [0.717, 1.165) is 28.0 Å². The number of amides is 1. The lowest BCUT2D eigenvalue weighted by molar-refractivity contribution is -0.118. The molecule has 0 aliphatic carbocycles. The topological polar surface area (TPSA) is 90.9 Å². The third kappa shape index (κ3) is 6.23.